The molecule has 0 spiro atoms. The first-order valence-corrected chi connectivity index (χ1v) is 4.37. The van der Waals surface area contributed by atoms with Gasteiger partial charge in [0.15, 0.2) is 0 Å². The third kappa shape index (κ3) is 4.90. The number of anilines is 1. The number of carbonyl (C=O) groups excluding carboxylic acids is 1. The van der Waals surface area contributed by atoms with Gasteiger partial charge in [-0.05, 0) is 0 Å². The molecule has 1 aromatic heterocycles. The molecular formula is C9H17N3O. The summed E-state index contributed by atoms with van der Waals surface area (Å²) in [7, 11) is 0. The van der Waals surface area contributed by atoms with Gasteiger partial charge in [0, 0.05) is 7.85 Å². The minimum Gasteiger partial charge on any atom is -0.323 e. The van der Waals surface area contributed by atoms with Gasteiger partial charge < -0.3 is 5.32 Å². The summed E-state index contributed by atoms with van der Waals surface area (Å²) in [6, 6.07) is 0. The highest BCUT2D eigenvalue weighted by Crippen LogP contribution is 1.99. The second-order valence-electron chi connectivity index (χ2n) is 2.03. The second kappa shape index (κ2) is 7.21. The molecule has 13 heavy (non-hydrogen) atoms. The molecule has 0 aliphatic heterocycles. The predicted octanol–water partition coefficient (Wildman–Crippen LogP) is 2.10. The average molecular weight is 183 g/mol. The Morgan fingerprint density at radius 3 is 2.46 bits per heavy atom. The topological polar surface area (TPSA) is 54.9 Å². The number of carbonyl (C=O) groups is 1. The van der Waals surface area contributed by atoms with Gasteiger partial charge in [0.05, 0.1) is 18.1 Å². The molecule has 0 fully saturated rings. The lowest BCUT2D eigenvalue weighted by Gasteiger charge is -1.99. The van der Waals surface area contributed by atoms with Crippen LogP contribution in [-0.2, 0) is 4.79 Å². The van der Waals surface area contributed by atoms with E-state index in [0.717, 1.165) is 0 Å². The maximum absolute atomic E-state index is 10.8. The van der Waals surface area contributed by atoms with Gasteiger partial charge in [0.25, 0.3) is 0 Å². The number of nitrogens with zero attached hydrogens (tertiary/aromatic N) is 2. The van der Waals surface area contributed by atoms with Gasteiger partial charge in [-0.1, -0.05) is 20.8 Å². The third-order valence-electron chi connectivity index (χ3n) is 1.17. The molecule has 1 amide bonds. The van der Waals surface area contributed by atoms with Gasteiger partial charge in [-0.2, -0.15) is 0 Å². The molecule has 1 aromatic rings. The first kappa shape index (κ1) is 11.6. The van der Waals surface area contributed by atoms with Crippen LogP contribution in [-0.4, -0.2) is 15.9 Å². The Kier molecular flexibility index (Phi) is 6.41. The molecule has 1 heterocycles. The van der Waals surface area contributed by atoms with Crippen LogP contribution in [0.5, 0.6) is 0 Å². The van der Waals surface area contributed by atoms with Crippen LogP contribution >= 0.6 is 0 Å². The molecule has 1 rings (SSSR count). The highest BCUT2D eigenvalue weighted by molar-refractivity contribution is 5.89. The molecule has 0 saturated carbocycles. The highest BCUT2D eigenvalue weighted by Gasteiger charge is 1.96. The zero-order valence-corrected chi connectivity index (χ0v) is 8.24. The molecule has 0 unspecified atom stereocenters. The van der Waals surface area contributed by atoms with E-state index in [1.54, 1.807) is 19.3 Å². The standard InChI is InChI=1S/C7H9N3O.C2H6.H2/c1-2-7(11)10-6-3-8-5-9-4-6;1-2;/h3-5H,2H2,1H3,(H,10,11);1-2H3;1H. The van der Waals surface area contributed by atoms with Crippen LogP contribution < -0.4 is 5.32 Å². The zero-order chi connectivity index (χ0) is 10.1. The molecule has 0 atom stereocenters. The monoisotopic (exact) mass is 183 g/mol. The summed E-state index contributed by atoms with van der Waals surface area (Å²) >= 11 is 0. The molecule has 1 N–H and O–H groups in total. The van der Waals surface area contributed by atoms with Gasteiger partial charge in [-0.3, -0.25) is 4.79 Å². The number of amides is 1. The van der Waals surface area contributed by atoms with Crippen LogP contribution in [0.25, 0.3) is 0 Å². The fourth-order valence-electron chi connectivity index (χ4n) is 0.613. The van der Waals surface area contributed by atoms with E-state index < -0.39 is 0 Å². The summed E-state index contributed by atoms with van der Waals surface area (Å²) in [5.74, 6) is -0.0280. The Bertz CT molecular complexity index is 241. The van der Waals surface area contributed by atoms with Crippen molar-refractivity contribution in [1.29, 1.82) is 0 Å². The van der Waals surface area contributed by atoms with Crippen molar-refractivity contribution in [2.45, 2.75) is 27.2 Å². The van der Waals surface area contributed by atoms with Crippen LogP contribution in [0.1, 0.15) is 28.6 Å². The van der Waals surface area contributed by atoms with E-state index >= 15 is 0 Å². The van der Waals surface area contributed by atoms with Crippen molar-refractivity contribution in [3.63, 3.8) is 0 Å². The number of rotatable bonds is 2. The Hall–Kier alpha value is -1.45. The quantitative estimate of drug-likeness (QED) is 0.763. The number of hydrogen-bond acceptors (Lipinski definition) is 3. The molecule has 4 heteroatoms. The van der Waals surface area contributed by atoms with Crippen molar-refractivity contribution in [1.82, 2.24) is 9.97 Å². The first-order valence-electron chi connectivity index (χ1n) is 4.37. The fraction of sp³-hybridized carbons (Fsp3) is 0.444. The molecular weight excluding hydrogens is 166 g/mol. The van der Waals surface area contributed by atoms with Crippen LogP contribution in [0.15, 0.2) is 18.7 Å². The Morgan fingerprint density at radius 2 is 2.00 bits per heavy atom. The maximum Gasteiger partial charge on any atom is 0.224 e. The van der Waals surface area contributed by atoms with Crippen molar-refractivity contribution in [2.24, 2.45) is 0 Å². The van der Waals surface area contributed by atoms with E-state index in [9.17, 15) is 4.79 Å². The number of nitrogens with one attached hydrogen (secondary N) is 1. The minimum absolute atomic E-state index is 0. The normalized spacial score (nSPS) is 8.23. The summed E-state index contributed by atoms with van der Waals surface area (Å²) in [6.45, 7) is 5.79. The van der Waals surface area contributed by atoms with Gasteiger partial charge in [0.2, 0.25) is 5.91 Å². The van der Waals surface area contributed by atoms with Crippen molar-refractivity contribution in [2.75, 3.05) is 5.32 Å². The Balaban J connectivity index is 0. The summed E-state index contributed by atoms with van der Waals surface area (Å²) < 4.78 is 0. The van der Waals surface area contributed by atoms with Crippen LogP contribution in [0, 0.1) is 0 Å². The first-order chi connectivity index (χ1) is 6.33. The molecule has 0 radical (unpaired) electrons. The largest absolute Gasteiger partial charge is 0.323 e. The molecule has 4 nitrogen and oxygen atoms in total. The molecule has 0 saturated heterocycles. The third-order valence-corrected chi connectivity index (χ3v) is 1.17. The van der Waals surface area contributed by atoms with E-state index in [0.29, 0.717) is 12.1 Å². The number of aromatic nitrogens is 2. The summed E-state index contributed by atoms with van der Waals surface area (Å²) in [5.41, 5.74) is 0.638. The Labute approximate surface area is 79.9 Å². The van der Waals surface area contributed by atoms with Crippen LogP contribution in [0.2, 0.25) is 0 Å². The fourth-order valence-corrected chi connectivity index (χ4v) is 0.613. The predicted molar refractivity (Wildman–Crippen MR) is 54.4 cm³/mol. The molecule has 0 aliphatic carbocycles. The van der Waals surface area contributed by atoms with E-state index in [4.69, 9.17) is 0 Å². The summed E-state index contributed by atoms with van der Waals surface area (Å²) in [5, 5.41) is 2.63. The molecule has 0 aromatic carbocycles. The average Bonchev–Trinajstić information content (AvgIpc) is 2.22. The number of hydrogen-bond donors (Lipinski definition) is 1. The zero-order valence-electron chi connectivity index (χ0n) is 8.24. The summed E-state index contributed by atoms with van der Waals surface area (Å²) in [6.07, 6.45) is 5.00. The SMILES string of the molecule is CC.CCC(=O)Nc1cncnc1.[HH]. The van der Waals surface area contributed by atoms with E-state index in [1.807, 2.05) is 13.8 Å². The van der Waals surface area contributed by atoms with Crippen molar-refractivity contribution < 1.29 is 6.22 Å². The lowest BCUT2D eigenvalue weighted by atomic mass is 10.4. The van der Waals surface area contributed by atoms with Gasteiger partial charge >= 0.3 is 0 Å². The smallest absolute Gasteiger partial charge is 0.224 e. The lowest BCUT2D eigenvalue weighted by molar-refractivity contribution is -0.115. The van der Waals surface area contributed by atoms with Crippen LogP contribution in [0.3, 0.4) is 0 Å². The van der Waals surface area contributed by atoms with Crippen molar-refractivity contribution >= 4 is 11.6 Å². The molecule has 74 valence electrons. The minimum atomic E-state index is -0.0280. The Morgan fingerprint density at radius 1 is 1.46 bits per heavy atom. The second-order valence-corrected chi connectivity index (χ2v) is 2.03. The van der Waals surface area contributed by atoms with Crippen molar-refractivity contribution in [3.05, 3.63) is 18.7 Å². The van der Waals surface area contributed by atoms with E-state index in [-0.39, 0.29) is 7.33 Å². The molecule has 0 bridgehead atoms. The van der Waals surface area contributed by atoms with Gasteiger partial charge in [-0.15, -0.1) is 0 Å². The van der Waals surface area contributed by atoms with E-state index in [1.165, 1.54) is 6.33 Å². The maximum atomic E-state index is 10.8. The summed E-state index contributed by atoms with van der Waals surface area (Å²) in [4.78, 5) is 18.3. The lowest BCUT2D eigenvalue weighted by Crippen LogP contribution is -2.09. The molecule has 0 aliphatic rings. The van der Waals surface area contributed by atoms with Gasteiger partial charge in [-0.25, -0.2) is 9.97 Å². The van der Waals surface area contributed by atoms with Gasteiger partial charge in [0.1, 0.15) is 6.33 Å². The van der Waals surface area contributed by atoms with E-state index in [2.05, 4.69) is 15.3 Å². The van der Waals surface area contributed by atoms with Crippen LogP contribution in [0.4, 0.5) is 5.69 Å². The van der Waals surface area contributed by atoms with Crippen molar-refractivity contribution in [3.8, 4) is 0 Å². The highest BCUT2D eigenvalue weighted by atomic mass is 16.1.